The van der Waals surface area contributed by atoms with Crippen molar-refractivity contribution in [2.45, 2.75) is 43.1 Å². The number of hydrogen-bond acceptors (Lipinski definition) is 1. The van der Waals surface area contributed by atoms with E-state index in [1.807, 2.05) is 6.20 Å². The Morgan fingerprint density at radius 2 is 0.853 bits per heavy atom. The van der Waals surface area contributed by atoms with Gasteiger partial charge in [0.1, 0.15) is 5.54 Å². The molecule has 0 bridgehead atoms. The molecule has 0 N–H and O–H groups in total. The molecule has 0 unspecified atom stereocenters. The van der Waals surface area contributed by atoms with E-state index in [1.54, 1.807) is 0 Å². The SMILES string of the molecule is Cc1cn(C2(c3[c-]c(C4(c5[c-]c(C6(c7cc(C(C)C)ccn7)c7ccccc7-c7ccccc76)ccc5)c5ccccc5-c5ccccc54)ccc3)c3ccccc3-c3ccccc32)[c-][n+]1C.[Pt]. The summed E-state index contributed by atoms with van der Waals surface area (Å²) in [6.07, 6.45) is 8.00. The number of aromatic nitrogens is 3. The molecule has 0 saturated carbocycles. The van der Waals surface area contributed by atoms with Gasteiger partial charge in [-0.2, -0.15) is 48.5 Å². The zero-order chi connectivity index (χ0) is 45.1. The summed E-state index contributed by atoms with van der Waals surface area (Å²) in [5, 5.41) is 0. The Labute approximate surface area is 413 Å². The quantitative estimate of drug-likeness (QED) is 0.115. The van der Waals surface area contributed by atoms with Crippen LogP contribution in [0.25, 0.3) is 33.4 Å². The number of hydrogen-bond donors (Lipinski definition) is 0. The minimum Gasteiger partial charge on any atom is -0.351 e. The van der Waals surface area contributed by atoms with Crippen LogP contribution < -0.4 is 4.57 Å². The van der Waals surface area contributed by atoms with Crippen molar-refractivity contribution in [2.75, 3.05) is 0 Å². The smallest absolute Gasteiger partial charge is 0.205 e. The Morgan fingerprint density at radius 3 is 1.29 bits per heavy atom. The summed E-state index contributed by atoms with van der Waals surface area (Å²) in [7, 11) is 2.08. The van der Waals surface area contributed by atoms with E-state index in [9.17, 15) is 0 Å². The normalized spacial score (nSPS) is 14.8. The summed E-state index contributed by atoms with van der Waals surface area (Å²) in [5.41, 5.74) is 20.0. The van der Waals surface area contributed by atoms with Crippen LogP contribution in [0.3, 0.4) is 0 Å². The van der Waals surface area contributed by atoms with Crippen molar-refractivity contribution in [1.82, 2.24) is 9.55 Å². The van der Waals surface area contributed by atoms with Gasteiger partial charge in [0, 0.05) is 43.8 Å². The third-order valence-corrected chi connectivity index (χ3v) is 15.3. The van der Waals surface area contributed by atoms with Crippen LogP contribution in [0.2, 0.25) is 0 Å². The third kappa shape index (κ3) is 5.51. The van der Waals surface area contributed by atoms with E-state index in [2.05, 4.69) is 256 Å². The Hall–Kier alpha value is -7.19. The van der Waals surface area contributed by atoms with E-state index < -0.39 is 16.4 Å². The van der Waals surface area contributed by atoms with Gasteiger partial charge in [0.15, 0.2) is 0 Å². The predicted octanol–water partition coefficient (Wildman–Crippen LogP) is 13.1. The molecule has 0 saturated heterocycles. The van der Waals surface area contributed by atoms with Gasteiger partial charge in [-0.05, 0) is 91.1 Å². The second kappa shape index (κ2) is 15.7. The van der Waals surface area contributed by atoms with Crippen LogP contribution in [0, 0.1) is 25.4 Å². The van der Waals surface area contributed by atoms with Crippen molar-refractivity contribution in [3.8, 4) is 33.4 Å². The first-order valence-electron chi connectivity index (χ1n) is 23.5. The molecule has 0 amide bonds. The first kappa shape index (κ1) is 42.2. The maximum Gasteiger partial charge on any atom is 0.205 e. The van der Waals surface area contributed by atoms with Crippen LogP contribution in [-0.4, -0.2) is 9.55 Å². The molecule has 0 atom stereocenters. The first-order valence-corrected chi connectivity index (χ1v) is 23.5. The molecule has 0 radical (unpaired) electrons. The third-order valence-electron chi connectivity index (χ3n) is 15.3. The van der Waals surface area contributed by atoms with E-state index in [-0.39, 0.29) is 21.1 Å². The topological polar surface area (TPSA) is 21.7 Å². The molecule has 0 aliphatic heterocycles. The number of rotatable bonds is 7. The molecule has 330 valence electrons. The van der Waals surface area contributed by atoms with Crippen LogP contribution in [0.4, 0.5) is 0 Å². The number of pyridine rings is 1. The molecule has 3 aliphatic rings. The molecular weight excluding hydrogens is 1010 g/mol. The van der Waals surface area contributed by atoms with Gasteiger partial charge in [0.25, 0.3) is 0 Å². The van der Waals surface area contributed by atoms with Gasteiger partial charge in [0.05, 0.1) is 18.2 Å². The molecule has 13 rings (SSSR count). The van der Waals surface area contributed by atoms with E-state index in [4.69, 9.17) is 4.98 Å². The fourth-order valence-electron chi connectivity index (χ4n) is 12.3. The molecule has 0 fully saturated rings. The van der Waals surface area contributed by atoms with E-state index in [1.165, 1.54) is 72.3 Å². The van der Waals surface area contributed by atoms with Gasteiger partial charge in [-0.15, -0.1) is 22.3 Å². The fraction of sp³-hybridized carbons (Fsp3) is 0.125. The Balaban J connectivity index is 0.00000480. The number of fused-ring (bicyclic) bond motifs is 9. The number of imidazole rings is 1. The van der Waals surface area contributed by atoms with Crippen LogP contribution >= 0.6 is 0 Å². The van der Waals surface area contributed by atoms with Crippen LogP contribution in [0.15, 0.2) is 207 Å². The van der Waals surface area contributed by atoms with Crippen molar-refractivity contribution < 1.29 is 25.6 Å². The van der Waals surface area contributed by atoms with Gasteiger partial charge in [0.2, 0.25) is 6.33 Å². The fourth-order valence-corrected chi connectivity index (χ4v) is 12.3. The molecule has 2 heterocycles. The maximum atomic E-state index is 5.33. The summed E-state index contributed by atoms with van der Waals surface area (Å²) in [6.45, 7) is 6.68. The second-order valence-electron chi connectivity index (χ2n) is 18.9. The maximum absolute atomic E-state index is 5.33. The summed E-state index contributed by atoms with van der Waals surface area (Å²) >= 11 is 0. The van der Waals surface area contributed by atoms with E-state index >= 15 is 0 Å². The van der Waals surface area contributed by atoms with Crippen LogP contribution in [-0.2, 0) is 44.5 Å². The van der Waals surface area contributed by atoms with Crippen molar-refractivity contribution in [2.24, 2.45) is 7.05 Å². The second-order valence-corrected chi connectivity index (χ2v) is 18.9. The molecule has 3 aliphatic carbocycles. The Morgan fingerprint density at radius 1 is 0.471 bits per heavy atom. The largest absolute Gasteiger partial charge is 0.351 e. The van der Waals surface area contributed by atoms with Gasteiger partial charge < -0.3 is 9.13 Å². The Bertz CT molecular complexity index is 3470. The Kier molecular flexibility index (Phi) is 9.73. The van der Waals surface area contributed by atoms with Crippen molar-refractivity contribution in [3.05, 3.63) is 298 Å². The summed E-state index contributed by atoms with van der Waals surface area (Å²) in [4.78, 5) is 5.33. The summed E-state index contributed by atoms with van der Waals surface area (Å²) in [6, 6.07) is 80.4. The monoisotopic (exact) mass is 1050 g/mol. The van der Waals surface area contributed by atoms with Gasteiger partial charge >= 0.3 is 0 Å². The molecule has 0 spiro atoms. The van der Waals surface area contributed by atoms with E-state index in [0.717, 1.165) is 33.6 Å². The zero-order valence-corrected chi connectivity index (χ0v) is 40.6. The molecule has 3 nitrogen and oxygen atoms in total. The van der Waals surface area contributed by atoms with Crippen LogP contribution in [0.1, 0.15) is 92.4 Å². The van der Waals surface area contributed by atoms with Crippen molar-refractivity contribution in [3.63, 3.8) is 0 Å². The number of nitrogens with zero attached hydrogens (tertiary/aromatic N) is 3. The average Bonchev–Trinajstić information content (AvgIpc) is 4.08. The van der Waals surface area contributed by atoms with Gasteiger partial charge in [-0.1, -0.05) is 166 Å². The number of benzene rings is 8. The molecule has 4 heteroatoms. The summed E-state index contributed by atoms with van der Waals surface area (Å²) < 4.78 is 4.40. The van der Waals surface area contributed by atoms with Crippen molar-refractivity contribution in [1.29, 1.82) is 0 Å². The van der Waals surface area contributed by atoms with E-state index in [0.29, 0.717) is 5.92 Å². The minimum absolute atomic E-state index is 0. The van der Waals surface area contributed by atoms with Crippen molar-refractivity contribution >= 4 is 0 Å². The molecule has 8 aromatic carbocycles. The minimum atomic E-state index is -0.801. The number of aryl methyl sites for hydroxylation is 2. The molecule has 2 aromatic heterocycles. The molecule has 10 aromatic rings. The standard InChI is InChI=1S/C64H47N3.Pt/c1-42(2)44-35-36-65-61(37-44)63(57-31-13-7-25-51(57)52-26-8-14-32-58(52)63)47-21-17-19-45(38-47)62(55-29-11-5-23-49(55)50-24-6-12-30-56(50)62)46-20-18-22-48(39-46)64(67-40-43(3)66(4)41-67)59-33-15-9-27-53(59)54-28-10-16-34-60(54)64;/h5-37,40,42H,1-4H3;/q-2;. The molecule has 68 heavy (non-hydrogen) atoms. The predicted molar refractivity (Wildman–Crippen MR) is 267 cm³/mol. The molecular formula is C64H47N3Pt-2. The van der Waals surface area contributed by atoms with Gasteiger partial charge in [-0.25, -0.2) is 0 Å². The van der Waals surface area contributed by atoms with Crippen LogP contribution in [0.5, 0.6) is 0 Å². The zero-order valence-electron chi connectivity index (χ0n) is 38.4. The first-order chi connectivity index (χ1) is 32.9. The summed E-state index contributed by atoms with van der Waals surface area (Å²) in [5.74, 6) is 0.330. The van der Waals surface area contributed by atoms with Gasteiger partial charge in [-0.3, -0.25) is 4.98 Å². The average molecular weight is 1050 g/mol.